The van der Waals surface area contributed by atoms with E-state index in [4.69, 9.17) is 4.74 Å². The van der Waals surface area contributed by atoms with E-state index in [1.165, 1.54) is 6.33 Å². The van der Waals surface area contributed by atoms with Gasteiger partial charge in [-0.2, -0.15) is 5.10 Å². The fourth-order valence-corrected chi connectivity index (χ4v) is 2.32. The van der Waals surface area contributed by atoms with E-state index in [0.29, 0.717) is 13.0 Å². The Morgan fingerprint density at radius 1 is 1.56 bits per heavy atom. The summed E-state index contributed by atoms with van der Waals surface area (Å²) >= 11 is 0. The summed E-state index contributed by atoms with van der Waals surface area (Å²) in [7, 11) is 0. The van der Waals surface area contributed by atoms with Gasteiger partial charge in [-0.1, -0.05) is 0 Å². The second-order valence-electron chi connectivity index (χ2n) is 5.35. The van der Waals surface area contributed by atoms with E-state index in [1.54, 1.807) is 4.68 Å². The van der Waals surface area contributed by atoms with Crippen molar-refractivity contribution in [3.63, 3.8) is 0 Å². The number of aromatic nitrogens is 3. The molecule has 5 nitrogen and oxygen atoms in total. The largest absolute Gasteiger partial charge is 0.367 e. The molecule has 1 aliphatic rings. The van der Waals surface area contributed by atoms with Gasteiger partial charge in [0.1, 0.15) is 17.8 Å². The molecule has 1 aromatic heterocycles. The highest BCUT2D eigenvalue weighted by Gasteiger charge is 2.36. The Bertz CT molecular complexity index is 420. The van der Waals surface area contributed by atoms with E-state index < -0.39 is 5.60 Å². The first-order valence-electron chi connectivity index (χ1n) is 6.58. The second kappa shape index (κ2) is 5.18. The third-order valence-corrected chi connectivity index (χ3v) is 3.51. The van der Waals surface area contributed by atoms with E-state index in [2.05, 4.69) is 10.1 Å². The van der Waals surface area contributed by atoms with Crippen molar-refractivity contribution in [1.29, 1.82) is 0 Å². The minimum absolute atomic E-state index is 0.108. The molecule has 18 heavy (non-hydrogen) atoms. The van der Waals surface area contributed by atoms with E-state index >= 15 is 0 Å². The lowest BCUT2D eigenvalue weighted by Gasteiger charge is -2.32. The van der Waals surface area contributed by atoms with Crippen LogP contribution in [0.25, 0.3) is 0 Å². The zero-order chi connectivity index (χ0) is 13.2. The highest BCUT2D eigenvalue weighted by Crippen LogP contribution is 2.26. The summed E-state index contributed by atoms with van der Waals surface area (Å²) in [4.78, 5) is 16.5. The van der Waals surface area contributed by atoms with Gasteiger partial charge in [0.05, 0.1) is 6.42 Å². The second-order valence-corrected chi connectivity index (χ2v) is 5.35. The molecule has 0 aromatic carbocycles. The van der Waals surface area contributed by atoms with Crippen molar-refractivity contribution >= 4 is 5.78 Å². The first kappa shape index (κ1) is 13.2. The van der Waals surface area contributed by atoms with Crippen LogP contribution in [0, 0.1) is 0 Å². The number of Topliss-reactive ketones (excluding diaryl/α,β-unsaturated/α-hetero) is 1. The average Bonchev–Trinajstić information content (AvgIpc) is 2.78. The monoisotopic (exact) mass is 251 g/mol. The number of ether oxygens (including phenoxy) is 1. The molecule has 2 rings (SSSR count). The summed E-state index contributed by atoms with van der Waals surface area (Å²) in [6.07, 6.45) is 4.72. The van der Waals surface area contributed by atoms with Crippen molar-refractivity contribution in [2.45, 2.75) is 58.1 Å². The maximum absolute atomic E-state index is 12.4. The Hall–Kier alpha value is -1.23. The molecule has 2 heterocycles. The molecular formula is C13H21N3O2. The van der Waals surface area contributed by atoms with Crippen molar-refractivity contribution in [1.82, 2.24) is 14.8 Å². The van der Waals surface area contributed by atoms with Crippen LogP contribution in [-0.2, 0) is 16.0 Å². The van der Waals surface area contributed by atoms with Gasteiger partial charge in [-0.3, -0.25) is 4.79 Å². The van der Waals surface area contributed by atoms with E-state index in [-0.39, 0.29) is 11.8 Å². The molecule has 0 spiro atoms. The van der Waals surface area contributed by atoms with Gasteiger partial charge >= 0.3 is 0 Å². The molecule has 1 saturated heterocycles. The molecule has 0 N–H and O–H groups in total. The molecular weight excluding hydrogens is 230 g/mol. The van der Waals surface area contributed by atoms with Crippen LogP contribution in [0.1, 0.15) is 51.9 Å². The van der Waals surface area contributed by atoms with Gasteiger partial charge in [0.2, 0.25) is 0 Å². The average molecular weight is 251 g/mol. The van der Waals surface area contributed by atoms with Crippen LogP contribution in [0.4, 0.5) is 0 Å². The lowest BCUT2D eigenvalue weighted by Crippen LogP contribution is -2.42. The van der Waals surface area contributed by atoms with Gasteiger partial charge in [0, 0.05) is 12.6 Å². The standard InChI is InChI=1S/C13H21N3O2/c1-10(2)16-12(14-9-15-16)8-11(17)13(3)6-4-5-7-18-13/h9-10H,4-8H2,1-3H3. The fraction of sp³-hybridized carbons (Fsp3) is 0.769. The lowest BCUT2D eigenvalue weighted by atomic mass is 9.89. The van der Waals surface area contributed by atoms with Crippen LogP contribution >= 0.6 is 0 Å². The van der Waals surface area contributed by atoms with Crippen LogP contribution in [-0.4, -0.2) is 32.8 Å². The van der Waals surface area contributed by atoms with Crippen LogP contribution in [0.15, 0.2) is 6.33 Å². The normalized spacial score (nSPS) is 24.4. The number of carbonyl (C=O) groups is 1. The molecule has 100 valence electrons. The number of hydrogen-bond acceptors (Lipinski definition) is 4. The van der Waals surface area contributed by atoms with E-state index in [9.17, 15) is 4.79 Å². The number of ketones is 1. The molecule has 5 heteroatoms. The van der Waals surface area contributed by atoms with Crippen molar-refractivity contribution in [2.75, 3.05) is 6.61 Å². The SMILES string of the molecule is CC(C)n1ncnc1CC(=O)C1(C)CCCCO1. The molecule has 1 unspecified atom stereocenters. The first-order chi connectivity index (χ1) is 8.53. The van der Waals surface area contributed by atoms with Crippen molar-refractivity contribution in [3.8, 4) is 0 Å². The third-order valence-electron chi connectivity index (χ3n) is 3.51. The molecule has 0 radical (unpaired) electrons. The maximum Gasteiger partial charge on any atom is 0.171 e. The summed E-state index contributed by atoms with van der Waals surface area (Å²) in [6, 6.07) is 0.218. The van der Waals surface area contributed by atoms with Crippen LogP contribution in [0.2, 0.25) is 0 Å². The Balaban J connectivity index is 2.08. The lowest BCUT2D eigenvalue weighted by molar-refractivity contribution is -0.147. The van der Waals surface area contributed by atoms with E-state index in [1.807, 2.05) is 20.8 Å². The van der Waals surface area contributed by atoms with E-state index in [0.717, 1.165) is 25.1 Å². The minimum Gasteiger partial charge on any atom is -0.367 e. The highest BCUT2D eigenvalue weighted by molar-refractivity contribution is 5.88. The van der Waals surface area contributed by atoms with Crippen molar-refractivity contribution < 1.29 is 9.53 Å². The molecule has 0 amide bonds. The van der Waals surface area contributed by atoms with Crippen LogP contribution < -0.4 is 0 Å². The molecule has 1 aliphatic heterocycles. The quantitative estimate of drug-likeness (QED) is 0.820. The zero-order valence-electron chi connectivity index (χ0n) is 11.3. The van der Waals surface area contributed by atoms with Gasteiger partial charge in [-0.05, 0) is 40.0 Å². The van der Waals surface area contributed by atoms with Crippen molar-refractivity contribution in [3.05, 3.63) is 12.2 Å². The fourth-order valence-electron chi connectivity index (χ4n) is 2.32. The summed E-state index contributed by atoms with van der Waals surface area (Å²) < 4.78 is 7.47. The minimum atomic E-state index is -0.633. The first-order valence-corrected chi connectivity index (χ1v) is 6.58. The number of rotatable bonds is 4. The molecule has 1 atom stereocenters. The van der Waals surface area contributed by atoms with Gasteiger partial charge in [-0.15, -0.1) is 0 Å². The predicted molar refractivity (Wildman–Crippen MR) is 67.3 cm³/mol. The van der Waals surface area contributed by atoms with Crippen LogP contribution in [0.5, 0.6) is 0 Å². The van der Waals surface area contributed by atoms with Crippen LogP contribution in [0.3, 0.4) is 0 Å². The van der Waals surface area contributed by atoms with Crippen molar-refractivity contribution in [2.24, 2.45) is 0 Å². The Labute approximate surface area is 108 Å². The molecule has 1 fully saturated rings. The number of carbonyl (C=O) groups excluding carboxylic acids is 1. The Morgan fingerprint density at radius 3 is 2.94 bits per heavy atom. The topological polar surface area (TPSA) is 57.0 Å². The zero-order valence-corrected chi connectivity index (χ0v) is 11.3. The van der Waals surface area contributed by atoms with Gasteiger partial charge in [0.25, 0.3) is 0 Å². The summed E-state index contributed by atoms with van der Waals surface area (Å²) in [5, 5.41) is 4.15. The van der Waals surface area contributed by atoms with Gasteiger partial charge < -0.3 is 4.74 Å². The number of nitrogens with zero attached hydrogens (tertiary/aromatic N) is 3. The molecule has 0 bridgehead atoms. The molecule has 0 aliphatic carbocycles. The highest BCUT2D eigenvalue weighted by atomic mass is 16.5. The molecule has 1 aromatic rings. The summed E-state index contributed by atoms with van der Waals surface area (Å²) in [5.41, 5.74) is -0.633. The van der Waals surface area contributed by atoms with Gasteiger partial charge in [0.15, 0.2) is 5.78 Å². The summed E-state index contributed by atoms with van der Waals surface area (Å²) in [6.45, 7) is 6.63. The Kier molecular flexibility index (Phi) is 3.80. The smallest absolute Gasteiger partial charge is 0.171 e. The number of hydrogen-bond donors (Lipinski definition) is 0. The predicted octanol–water partition coefficient (Wildman–Crippen LogP) is 1.93. The third kappa shape index (κ3) is 2.61. The Morgan fingerprint density at radius 2 is 2.33 bits per heavy atom. The van der Waals surface area contributed by atoms with Gasteiger partial charge in [-0.25, -0.2) is 9.67 Å². The molecule has 0 saturated carbocycles. The maximum atomic E-state index is 12.4. The summed E-state index contributed by atoms with van der Waals surface area (Å²) in [5.74, 6) is 0.836.